The Morgan fingerprint density at radius 1 is 1.00 bits per heavy atom. The summed E-state index contributed by atoms with van der Waals surface area (Å²) < 4.78 is 10.2. The lowest BCUT2D eigenvalue weighted by molar-refractivity contribution is -0.128. The van der Waals surface area contributed by atoms with Crippen LogP contribution in [0.2, 0.25) is 0 Å². The van der Waals surface area contributed by atoms with Gasteiger partial charge in [0.05, 0.1) is 12.2 Å². The topological polar surface area (TPSA) is 52.6 Å². The van der Waals surface area contributed by atoms with Crippen molar-refractivity contribution in [2.45, 2.75) is 13.3 Å². The highest BCUT2D eigenvalue weighted by Gasteiger charge is 2.07. The fraction of sp³-hybridized carbons (Fsp3) is 0.158. The summed E-state index contributed by atoms with van der Waals surface area (Å²) in [4.78, 5) is 23.4. The summed E-state index contributed by atoms with van der Waals surface area (Å²) in [7, 11) is 0. The van der Waals surface area contributed by atoms with E-state index in [-0.39, 0.29) is 5.97 Å². The van der Waals surface area contributed by atoms with Crippen molar-refractivity contribution in [3.05, 3.63) is 71.8 Å². The van der Waals surface area contributed by atoms with Gasteiger partial charge < -0.3 is 9.47 Å². The van der Waals surface area contributed by atoms with Crippen molar-refractivity contribution in [3.8, 4) is 5.75 Å². The van der Waals surface area contributed by atoms with Crippen LogP contribution in [0.3, 0.4) is 0 Å². The van der Waals surface area contributed by atoms with E-state index in [1.54, 1.807) is 30.3 Å². The summed E-state index contributed by atoms with van der Waals surface area (Å²) in [5.41, 5.74) is 1.34. The molecule has 0 aromatic heterocycles. The molecule has 0 saturated carbocycles. The Bertz CT molecular complexity index is 672. The van der Waals surface area contributed by atoms with E-state index in [1.165, 1.54) is 6.08 Å². The molecule has 0 fully saturated rings. The molecule has 0 aliphatic heterocycles. The van der Waals surface area contributed by atoms with Crippen LogP contribution in [0.25, 0.3) is 6.08 Å². The quantitative estimate of drug-likeness (QED) is 0.462. The minimum Gasteiger partial charge on any atom is -0.462 e. The maximum absolute atomic E-state index is 11.7. The molecule has 0 spiro atoms. The summed E-state index contributed by atoms with van der Waals surface area (Å²) in [5.74, 6) is -0.483. The number of esters is 2. The highest BCUT2D eigenvalue weighted by Crippen LogP contribution is 2.14. The summed E-state index contributed by atoms with van der Waals surface area (Å²) in [6.45, 7) is 2.32. The Morgan fingerprint density at radius 2 is 1.70 bits per heavy atom. The lowest BCUT2D eigenvalue weighted by Crippen LogP contribution is -2.07. The van der Waals surface area contributed by atoms with Crippen molar-refractivity contribution in [1.82, 2.24) is 0 Å². The van der Waals surface area contributed by atoms with E-state index in [4.69, 9.17) is 9.47 Å². The molecule has 23 heavy (non-hydrogen) atoms. The van der Waals surface area contributed by atoms with Crippen molar-refractivity contribution >= 4 is 18.0 Å². The van der Waals surface area contributed by atoms with Gasteiger partial charge in [-0.15, -0.1) is 0 Å². The number of carbonyl (C=O) groups is 2. The monoisotopic (exact) mass is 310 g/mol. The first-order valence-electron chi connectivity index (χ1n) is 7.41. The zero-order chi connectivity index (χ0) is 16.5. The lowest BCUT2D eigenvalue weighted by atomic mass is 10.2. The van der Waals surface area contributed by atoms with Crippen LogP contribution in [0.1, 0.15) is 29.3 Å². The number of ether oxygens (including phenoxy) is 2. The number of carbonyl (C=O) groups excluding carboxylic acids is 2. The highest BCUT2D eigenvalue weighted by molar-refractivity contribution is 5.90. The maximum Gasteiger partial charge on any atom is 0.338 e. The Hall–Kier alpha value is -2.88. The second kappa shape index (κ2) is 8.54. The predicted molar refractivity (Wildman–Crippen MR) is 88.1 cm³/mol. The molecule has 0 atom stereocenters. The molecule has 0 heterocycles. The molecule has 0 aliphatic carbocycles. The number of hydrogen-bond donors (Lipinski definition) is 0. The Balaban J connectivity index is 1.91. The molecule has 0 N–H and O–H groups in total. The first-order chi connectivity index (χ1) is 11.2. The number of rotatable bonds is 6. The normalized spacial score (nSPS) is 10.5. The fourth-order valence-electron chi connectivity index (χ4n) is 1.82. The van der Waals surface area contributed by atoms with Gasteiger partial charge in [0, 0.05) is 6.08 Å². The van der Waals surface area contributed by atoms with Gasteiger partial charge in [0.15, 0.2) is 0 Å². The first kappa shape index (κ1) is 16.5. The number of benzene rings is 2. The van der Waals surface area contributed by atoms with E-state index >= 15 is 0 Å². The predicted octanol–water partition coefficient (Wildman–Crippen LogP) is 3.87. The minimum atomic E-state index is -0.477. The Morgan fingerprint density at radius 3 is 2.35 bits per heavy atom. The molecular formula is C19H18O4. The van der Waals surface area contributed by atoms with Gasteiger partial charge >= 0.3 is 11.9 Å². The molecule has 2 aromatic carbocycles. The lowest BCUT2D eigenvalue weighted by Gasteiger charge is -2.04. The zero-order valence-corrected chi connectivity index (χ0v) is 12.9. The molecule has 0 aliphatic rings. The molecule has 0 bridgehead atoms. The van der Waals surface area contributed by atoms with Gasteiger partial charge in [-0.3, -0.25) is 0 Å². The smallest absolute Gasteiger partial charge is 0.338 e. The third-order valence-electron chi connectivity index (χ3n) is 2.96. The SMILES string of the molecule is CCCOC(=O)c1ccc(OC(=O)/C=C/c2ccccc2)cc1. The van der Waals surface area contributed by atoms with Crippen LogP contribution in [0.15, 0.2) is 60.7 Å². The zero-order valence-electron chi connectivity index (χ0n) is 12.9. The van der Waals surface area contributed by atoms with Crippen molar-refractivity contribution in [2.24, 2.45) is 0 Å². The third kappa shape index (κ3) is 5.43. The molecule has 0 amide bonds. The van der Waals surface area contributed by atoms with Crippen molar-refractivity contribution in [1.29, 1.82) is 0 Å². The van der Waals surface area contributed by atoms with Gasteiger partial charge in [0.2, 0.25) is 0 Å². The fourth-order valence-corrected chi connectivity index (χ4v) is 1.82. The van der Waals surface area contributed by atoms with Crippen LogP contribution in [0, 0.1) is 0 Å². The molecular weight excluding hydrogens is 292 g/mol. The average molecular weight is 310 g/mol. The molecule has 2 rings (SSSR count). The number of hydrogen-bond acceptors (Lipinski definition) is 4. The second-order valence-corrected chi connectivity index (χ2v) is 4.83. The van der Waals surface area contributed by atoms with E-state index in [0.717, 1.165) is 12.0 Å². The summed E-state index contributed by atoms with van der Waals surface area (Å²) in [6, 6.07) is 15.7. The Labute approximate surface area is 135 Å². The molecule has 4 nitrogen and oxygen atoms in total. The first-order valence-corrected chi connectivity index (χ1v) is 7.41. The van der Waals surface area contributed by atoms with Gasteiger partial charge in [-0.05, 0) is 42.3 Å². The van der Waals surface area contributed by atoms with E-state index in [2.05, 4.69) is 0 Å². The van der Waals surface area contributed by atoms with Crippen LogP contribution in [-0.2, 0) is 9.53 Å². The molecule has 0 unspecified atom stereocenters. The van der Waals surface area contributed by atoms with E-state index in [1.807, 2.05) is 37.3 Å². The maximum atomic E-state index is 11.7. The van der Waals surface area contributed by atoms with Crippen LogP contribution in [0.4, 0.5) is 0 Å². The minimum absolute atomic E-state index is 0.375. The molecule has 0 radical (unpaired) electrons. The van der Waals surface area contributed by atoms with Gasteiger partial charge in [0.1, 0.15) is 5.75 Å². The van der Waals surface area contributed by atoms with Crippen LogP contribution >= 0.6 is 0 Å². The van der Waals surface area contributed by atoms with Gasteiger partial charge in [-0.2, -0.15) is 0 Å². The highest BCUT2D eigenvalue weighted by atomic mass is 16.5. The van der Waals surface area contributed by atoms with Crippen LogP contribution < -0.4 is 4.74 Å². The summed E-state index contributed by atoms with van der Waals surface area (Å²) in [5, 5.41) is 0. The van der Waals surface area contributed by atoms with Gasteiger partial charge in [-0.1, -0.05) is 37.3 Å². The van der Waals surface area contributed by atoms with Crippen molar-refractivity contribution < 1.29 is 19.1 Å². The second-order valence-electron chi connectivity index (χ2n) is 4.83. The third-order valence-corrected chi connectivity index (χ3v) is 2.96. The molecule has 0 saturated heterocycles. The molecule has 2 aromatic rings. The van der Waals surface area contributed by atoms with E-state index in [9.17, 15) is 9.59 Å². The van der Waals surface area contributed by atoms with E-state index < -0.39 is 5.97 Å². The van der Waals surface area contributed by atoms with E-state index in [0.29, 0.717) is 17.9 Å². The molecule has 4 heteroatoms. The standard InChI is InChI=1S/C19H18O4/c1-2-14-22-19(21)16-9-11-17(12-10-16)23-18(20)13-8-15-6-4-3-5-7-15/h3-13H,2,14H2,1H3/b13-8+. The van der Waals surface area contributed by atoms with Crippen molar-refractivity contribution in [2.75, 3.05) is 6.61 Å². The summed E-state index contributed by atoms with van der Waals surface area (Å²) >= 11 is 0. The average Bonchev–Trinajstić information content (AvgIpc) is 2.59. The van der Waals surface area contributed by atoms with Gasteiger partial charge in [-0.25, -0.2) is 9.59 Å². The van der Waals surface area contributed by atoms with Crippen molar-refractivity contribution in [3.63, 3.8) is 0 Å². The largest absolute Gasteiger partial charge is 0.462 e. The Kier molecular flexibility index (Phi) is 6.12. The van der Waals surface area contributed by atoms with Crippen LogP contribution in [-0.4, -0.2) is 18.5 Å². The van der Waals surface area contributed by atoms with Gasteiger partial charge in [0.25, 0.3) is 0 Å². The molecule has 118 valence electrons. The van der Waals surface area contributed by atoms with Crippen LogP contribution in [0.5, 0.6) is 5.75 Å². The summed E-state index contributed by atoms with van der Waals surface area (Å²) in [6.07, 6.45) is 3.81.